The molecule has 128 valence electrons. The lowest BCUT2D eigenvalue weighted by Gasteiger charge is -2.11. The van der Waals surface area contributed by atoms with Gasteiger partial charge in [-0.05, 0) is 38.4 Å². The average Bonchev–Trinajstić information content (AvgIpc) is 3.13. The molecule has 0 amide bonds. The third kappa shape index (κ3) is 2.92. The van der Waals surface area contributed by atoms with E-state index in [1.54, 1.807) is 0 Å². The summed E-state index contributed by atoms with van der Waals surface area (Å²) in [6, 6.07) is 13.9. The summed E-state index contributed by atoms with van der Waals surface area (Å²) in [5.74, 6) is 0.792. The predicted molar refractivity (Wildman–Crippen MR) is 102 cm³/mol. The van der Waals surface area contributed by atoms with E-state index in [0.29, 0.717) is 11.4 Å². The molecule has 6 nitrogen and oxygen atoms in total. The third-order valence-corrected chi connectivity index (χ3v) is 4.29. The summed E-state index contributed by atoms with van der Waals surface area (Å²) in [6.45, 7) is 1.85. The van der Waals surface area contributed by atoms with Crippen LogP contribution in [0.1, 0.15) is 0 Å². The molecule has 0 fully saturated rings. The van der Waals surface area contributed by atoms with Crippen molar-refractivity contribution in [3.05, 3.63) is 42.5 Å². The zero-order chi connectivity index (χ0) is 17.4. The molecule has 6 heteroatoms. The van der Waals surface area contributed by atoms with Gasteiger partial charge in [0, 0.05) is 29.7 Å². The monoisotopic (exact) mass is 335 g/mol. The number of likely N-dealkylation sites (N-methyl/N-ethyl adjacent to an activating group) is 1. The van der Waals surface area contributed by atoms with Crippen LogP contribution in [0.5, 0.6) is 5.88 Å². The van der Waals surface area contributed by atoms with E-state index >= 15 is 0 Å². The predicted octanol–water partition coefficient (Wildman–Crippen LogP) is 3.39. The van der Waals surface area contributed by atoms with Gasteiger partial charge in [0.25, 0.3) is 0 Å². The van der Waals surface area contributed by atoms with Gasteiger partial charge in [0.2, 0.25) is 5.88 Å². The summed E-state index contributed by atoms with van der Waals surface area (Å²) < 4.78 is 0. The molecule has 4 aromatic rings. The van der Waals surface area contributed by atoms with E-state index in [-0.39, 0.29) is 5.88 Å². The van der Waals surface area contributed by atoms with E-state index in [9.17, 15) is 5.11 Å². The van der Waals surface area contributed by atoms with Crippen LogP contribution in [-0.4, -0.2) is 52.1 Å². The quantitative estimate of drug-likeness (QED) is 0.451. The normalized spacial score (nSPS) is 11.6. The first-order chi connectivity index (χ1) is 12.1. The van der Waals surface area contributed by atoms with Crippen molar-refractivity contribution in [2.75, 3.05) is 32.5 Å². The van der Waals surface area contributed by atoms with Crippen LogP contribution in [0.3, 0.4) is 0 Å². The van der Waals surface area contributed by atoms with E-state index in [1.807, 2.05) is 42.5 Å². The Bertz CT molecular complexity index is 1030. The molecule has 25 heavy (non-hydrogen) atoms. The molecule has 4 N–H and O–H groups in total. The first-order valence-electron chi connectivity index (χ1n) is 8.30. The van der Waals surface area contributed by atoms with Gasteiger partial charge in [0.1, 0.15) is 5.82 Å². The average molecular weight is 335 g/mol. The maximum absolute atomic E-state index is 10.3. The van der Waals surface area contributed by atoms with E-state index in [0.717, 1.165) is 40.7 Å². The molecule has 0 aliphatic rings. The Labute approximate surface area is 145 Å². The second-order valence-electron chi connectivity index (χ2n) is 6.44. The number of hydrogen-bond acceptors (Lipinski definition) is 4. The van der Waals surface area contributed by atoms with Crippen molar-refractivity contribution in [1.29, 1.82) is 0 Å². The van der Waals surface area contributed by atoms with Crippen LogP contribution >= 0.6 is 0 Å². The fraction of sp³-hybridized carbons (Fsp3) is 0.211. The molecule has 2 heterocycles. The van der Waals surface area contributed by atoms with Crippen molar-refractivity contribution in [2.24, 2.45) is 0 Å². The number of aromatic amines is 2. The van der Waals surface area contributed by atoms with Crippen LogP contribution in [0.2, 0.25) is 0 Å². The highest BCUT2D eigenvalue weighted by Gasteiger charge is 2.16. The summed E-state index contributed by atoms with van der Waals surface area (Å²) >= 11 is 0. The molecule has 0 aliphatic heterocycles. The molecule has 0 saturated heterocycles. The summed E-state index contributed by atoms with van der Waals surface area (Å²) in [4.78, 5) is 13.1. The number of hydrogen-bond donors (Lipinski definition) is 4. The highest BCUT2D eigenvalue weighted by Crippen LogP contribution is 2.35. The molecular formula is C19H21N5O. The fourth-order valence-corrected chi connectivity index (χ4v) is 3.03. The van der Waals surface area contributed by atoms with Gasteiger partial charge in [-0.1, -0.05) is 18.2 Å². The van der Waals surface area contributed by atoms with Crippen LogP contribution < -0.4 is 5.32 Å². The third-order valence-electron chi connectivity index (χ3n) is 4.29. The number of aromatic nitrogens is 3. The zero-order valence-corrected chi connectivity index (χ0v) is 14.3. The Morgan fingerprint density at radius 2 is 1.92 bits per heavy atom. The van der Waals surface area contributed by atoms with Gasteiger partial charge in [0.05, 0.1) is 16.6 Å². The summed E-state index contributed by atoms with van der Waals surface area (Å²) in [5, 5.41) is 14.7. The van der Waals surface area contributed by atoms with Crippen LogP contribution in [0.15, 0.2) is 42.5 Å². The van der Waals surface area contributed by atoms with Gasteiger partial charge in [-0.3, -0.25) is 0 Å². The number of fused-ring (bicyclic) bond motifs is 2. The number of imidazole rings is 1. The van der Waals surface area contributed by atoms with E-state index in [4.69, 9.17) is 0 Å². The van der Waals surface area contributed by atoms with Gasteiger partial charge in [-0.25, -0.2) is 4.98 Å². The Hall–Kier alpha value is -2.99. The van der Waals surface area contributed by atoms with E-state index in [2.05, 4.69) is 39.3 Å². The van der Waals surface area contributed by atoms with Gasteiger partial charge in [-0.2, -0.15) is 0 Å². The Kier molecular flexibility index (Phi) is 3.82. The topological polar surface area (TPSA) is 80.0 Å². The van der Waals surface area contributed by atoms with Crippen LogP contribution in [-0.2, 0) is 0 Å². The number of nitrogens with zero attached hydrogens (tertiary/aromatic N) is 2. The van der Waals surface area contributed by atoms with Gasteiger partial charge in [-0.15, -0.1) is 0 Å². The molecule has 0 saturated carbocycles. The Balaban J connectivity index is 1.70. The summed E-state index contributed by atoms with van der Waals surface area (Å²) in [7, 11) is 4.11. The molecule has 0 aliphatic carbocycles. The SMILES string of the molecule is CN(C)CCNc1ccc2nc(-c3c(O)[nH]c4ccccc34)[nH]c2c1. The molecular weight excluding hydrogens is 314 g/mol. The van der Waals surface area contributed by atoms with Crippen LogP contribution in [0.4, 0.5) is 5.69 Å². The van der Waals surface area contributed by atoms with Gasteiger partial charge in [0.15, 0.2) is 0 Å². The second kappa shape index (κ2) is 6.14. The lowest BCUT2D eigenvalue weighted by molar-refractivity contribution is 0.425. The minimum Gasteiger partial charge on any atom is -0.494 e. The van der Waals surface area contributed by atoms with Crippen molar-refractivity contribution >= 4 is 27.6 Å². The number of para-hydroxylation sites is 1. The molecule has 0 atom stereocenters. The van der Waals surface area contributed by atoms with Gasteiger partial charge < -0.3 is 25.3 Å². The molecule has 0 spiro atoms. The Morgan fingerprint density at radius 1 is 1.08 bits per heavy atom. The lowest BCUT2D eigenvalue weighted by atomic mass is 10.1. The second-order valence-corrected chi connectivity index (χ2v) is 6.44. The van der Waals surface area contributed by atoms with Crippen molar-refractivity contribution in [1.82, 2.24) is 19.9 Å². The number of rotatable bonds is 5. The highest BCUT2D eigenvalue weighted by atomic mass is 16.3. The molecule has 0 radical (unpaired) electrons. The number of H-pyrrole nitrogens is 2. The molecule has 4 rings (SSSR count). The van der Waals surface area contributed by atoms with Crippen molar-refractivity contribution in [3.63, 3.8) is 0 Å². The number of aromatic hydroxyl groups is 1. The molecule has 0 bridgehead atoms. The first kappa shape index (κ1) is 15.5. The van der Waals surface area contributed by atoms with E-state index < -0.39 is 0 Å². The maximum Gasteiger partial charge on any atom is 0.200 e. The fourth-order valence-electron chi connectivity index (χ4n) is 3.03. The summed E-state index contributed by atoms with van der Waals surface area (Å²) in [6.07, 6.45) is 0. The maximum atomic E-state index is 10.3. The van der Waals surface area contributed by atoms with Crippen LogP contribution in [0, 0.1) is 0 Å². The van der Waals surface area contributed by atoms with Crippen molar-refractivity contribution in [2.45, 2.75) is 0 Å². The zero-order valence-electron chi connectivity index (χ0n) is 14.3. The van der Waals surface area contributed by atoms with Crippen LogP contribution in [0.25, 0.3) is 33.3 Å². The first-order valence-corrected chi connectivity index (χ1v) is 8.30. The lowest BCUT2D eigenvalue weighted by Crippen LogP contribution is -2.20. The van der Waals surface area contributed by atoms with Crippen molar-refractivity contribution in [3.8, 4) is 17.3 Å². The van der Waals surface area contributed by atoms with Gasteiger partial charge >= 0.3 is 0 Å². The Morgan fingerprint density at radius 3 is 2.76 bits per heavy atom. The molecule has 2 aromatic carbocycles. The molecule has 2 aromatic heterocycles. The smallest absolute Gasteiger partial charge is 0.200 e. The minimum absolute atomic E-state index is 0.129. The number of nitrogens with one attached hydrogen (secondary N) is 3. The van der Waals surface area contributed by atoms with E-state index in [1.165, 1.54) is 0 Å². The summed E-state index contributed by atoms with van der Waals surface area (Å²) in [5.41, 5.74) is 4.45. The number of anilines is 1. The molecule has 0 unspecified atom stereocenters. The highest BCUT2D eigenvalue weighted by molar-refractivity contribution is 5.98. The van der Waals surface area contributed by atoms with Crippen molar-refractivity contribution < 1.29 is 5.11 Å². The standard InChI is InChI=1S/C19H21N5O/c1-24(2)10-9-20-12-7-8-15-16(11-12)22-18(21-15)17-13-5-3-4-6-14(13)23-19(17)25/h3-8,11,20,23,25H,9-10H2,1-2H3,(H,21,22). The minimum atomic E-state index is 0.129. The number of benzene rings is 2. The largest absolute Gasteiger partial charge is 0.494 e.